The fourth-order valence-corrected chi connectivity index (χ4v) is 5.50. The predicted molar refractivity (Wildman–Crippen MR) is 161 cm³/mol. The number of nitrogens with zero attached hydrogens (tertiary/aromatic N) is 2. The van der Waals surface area contributed by atoms with E-state index in [4.69, 9.17) is 14.4 Å². The van der Waals surface area contributed by atoms with Gasteiger partial charge < -0.3 is 4.42 Å². The third kappa shape index (κ3) is 3.67. The fraction of sp³-hybridized carbons (Fsp3) is 0. The van der Waals surface area contributed by atoms with Crippen molar-refractivity contribution in [2.75, 3.05) is 0 Å². The molecule has 0 spiro atoms. The summed E-state index contributed by atoms with van der Waals surface area (Å²) >= 11 is 0. The van der Waals surface area contributed by atoms with Gasteiger partial charge in [0.05, 0.1) is 11.2 Å². The minimum atomic E-state index is 0.714. The molecule has 3 nitrogen and oxygen atoms in total. The summed E-state index contributed by atoms with van der Waals surface area (Å²) in [6, 6.07) is 46.2. The van der Waals surface area contributed by atoms with Crippen LogP contribution in [-0.2, 0) is 0 Å². The lowest BCUT2D eigenvalue weighted by atomic mass is 10.00. The molecule has 0 N–H and O–H groups in total. The first-order valence-electron chi connectivity index (χ1n) is 13.1. The monoisotopic (exact) mass is 498 g/mol. The molecule has 0 saturated carbocycles. The molecule has 0 amide bonds. The quantitative estimate of drug-likeness (QED) is 0.243. The van der Waals surface area contributed by atoms with Crippen LogP contribution in [0, 0.1) is 0 Å². The van der Waals surface area contributed by atoms with Crippen LogP contribution < -0.4 is 0 Å². The van der Waals surface area contributed by atoms with Crippen molar-refractivity contribution >= 4 is 43.6 Å². The number of para-hydroxylation sites is 1. The van der Waals surface area contributed by atoms with Crippen molar-refractivity contribution in [1.82, 2.24) is 9.97 Å². The highest BCUT2D eigenvalue weighted by molar-refractivity contribution is 6.10. The number of fused-ring (bicyclic) bond motifs is 5. The molecule has 0 unspecified atom stereocenters. The van der Waals surface area contributed by atoms with Crippen molar-refractivity contribution in [2.45, 2.75) is 0 Å². The molecular weight excluding hydrogens is 476 g/mol. The van der Waals surface area contributed by atoms with Crippen LogP contribution in [0.15, 0.2) is 138 Å². The van der Waals surface area contributed by atoms with E-state index in [1.54, 1.807) is 0 Å². The van der Waals surface area contributed by atoms with E-state index >= 15 is 0 Å². The van der Waals surface area contributed by atoms with Crippen molar-refractivity contribution in [1.29, 1.82) is 0 Å². The van der Waals surface area contributed by atoms with E-state index in [-0.39, 0.29) is 0 Å². The largest absolute Gasteiger partial charge is 0.456 e. The van der Waals surface area contributed by atoms with Crippen LogP contribution in [0.25, 0.3) is 77.4 Å². The highest BCUT2D eigenvalue weighted by Gasteiger charge is 2.13. The SMILES string of the molecule is c1ccc(-c2nc(-c3cccc(-c4ccc5c(c4)oc4cc6ccccc6cc45)c3)nc3ccccc23)cc1. The Bertz CT molecular complexity index is 2180. The molecule has 0 aliphatic rings. The van der Waals surface area contributed by atoms with Gasteiger partial charge in [0.2, 0.25) is 0 Å². The van der Waals surface area contributed by atoms with Crippen LogP contribution in [0.1, 0.15) is 0 Å². The van der Waals surface area contributed by atoms with Gasteiger partial charge in [-0.3, -0.25) is 0 Å². The zero-order valence-electron chi connectivity index (χ0n) is 21.0. The summed E-state index contributed by atoms with van der Waals surface area (Å²) in [7, 11) is 0. The molecule has 0 atom stereocenters. The number of benzene rings is 6. The second kappa shape index (κ2) is 8.64. The Balaban J connectivity index is 1.25. The second-order valence-corrected chi connectivity index (χ2v) is 9.87. The molecule has 39 heavy (non-hydrogen) atoms. The maximum Gasteiger partial charge on any atom is 0.160 e. The van der Waals surface area contributed by atoms with Gasteiger partial charge in [0.1, 0.15) is 11.2 Å². The van der Waals surface area contributed by atoms with Crippen LogP contribution in [0.4, 0.5) is 0 Å². The third-order valence-electron chi connectivity index (χ3n) is 7.44. The summed E-state index contributed by atoms with van der Waals surface area (Å²) in [5.41, 5.74) is 7.92. The number of hydrogen-bond acceptors (Lipinski definition) is 3. The van der Waals surface area contributed by atoms with E-state index in [2.05, 4.69) is 103 Å². The van der Waals surface area contributed by atoms with Crippen molar-refractivity contribution in [2.24, 2.45) is 0 Å². The summed E-state index contributed by atoms with van der Waals surface area (Å²) in [5.74, 6) is 0.714. The van der Waals surface area contributed by atoms with Gasteiger partial charge >= 0.3 is 0 Å². The molecule has 0 aliphatic heterocycles. The highest BCUT2D eigenvalue weighted by Crippen LogP contribution is 2.36. The summed E-state index contributed by atoms with van der Waals surface area (Å²) < 4.78 is 6.33. The standard InChI is InChI=1S/C36H22N2O/c1-2-9-23(10-3-1)35-30-15-6-7-16-32(30)37-36(38-35)28-14-8-13-24(19-28)27-17-18-29-31-20-25-11-4-5-12-26(25)21-34(31)39-33(29)22-27/h1-22H. The first-order chi connectivity index (χ1) is 19.3. The van der Waals surface area contributed by atoms with E-state index in [1.807, 2.05) is 30.3 Å². The number of rotatable bonds is 3. The van der Waals surface area contributed by atoms with E-state index in [9.17, 15) is 0 Å². The predicted octanol–water partition coefficient (Wildman–Crippen LogP) is 9.68. The topological polar surface area (TPSA) is 38.9 Å². The van der Waals surface area contributed by atoms with E-state index in [0.29, 0.717) is 5.82 Å². The van der Waals surface area contributed by atoms with Crippen LogP contribution in [0.2, 0.25) is 0 Å². The minimum absolute atomic E-state index is 0.714. The second-order valence-electron chi connectivity index (χ2n) is 9.87. The van der Waals surface area contributed by atoms with Crippen LogP contribution in [-0.4, -0.2) is 9.97 Å². The summed E-state index contributed by atoms with van der Waals surface area (Å²) in [4.78, 5) is 9.99. The Kier molecular flexibility index (Phi) is 4.82. The van der Waals surface area contributed by atoms with Crippen molar-refractivity contribution < 1.29 is 4.42 Å². The lowest BCUT2D eigenvalue weighted by Crippen LogP contribution is -1.95. The maximum atomic E-state index is 6.33. The van der Waals surface area contributed by atoms with Crippen LogP contribution in [0.5, 0.6) is 0 Å². The number of aromatic nitrogens is 2. The lowest BCUT2D eigenvalue weighted by Gasteiger charge is -2.10. The molecule has 8 aromatic rings. The van der Waals surface area contributed by atoms with E-state index in [0.717, 1.165) is 60.8 Å². The van der Waals surface area contributed by atoms with Gasteiger partial charge in [-0.05, 0) is 58.3 Å². The Morgan fingerprint density at radius 2 is 1.10 bits per heavy atom. The fourth-order valence-electron chi connectivity index (χ4n) is 5.50. The normalized spacial score (nSPS) is 11.6. The van der Waals surface area contributed by atoms with E-state index in [1.165, 1.54) is 10.8 Å². The van der Waals surface area contributed by atoms with Crippen molar-refractivity contribution in [3.05, 3.63) is 133 Å². The molecule has 182 valence electrons. The Labute approximate surface area is 225 Å². The number of furan rings is 1. The van der Waals surface area contributed by atoms with E-state index < -0.39 is 0 Å². The Morgan fingerprint density at radius 1 is 0.410 bits per heavy atom. The van der Waals surface area contributed by atoms with Gasteiger partial charge in [-0.15, -0.1) is 0 Å². The van der Waals surface area contributed by atoms with Gasteiger partial charge in [-0.25, -0.2) is 9.97 Å². The minimum Gasteiger partial charge on any atom is -0.456 e. The number of hydrogen-bond donors (Lipinski definition) is 0. The van der Waals surface area contributed by atoms with Gasteiger partial charge in [0, 0.05) is 27.3 Å². The molecule has 2 aromatic heterocycles. The first kappa shape index (κ1) is 21.8. The Hall–Kier alpha value is -5.28. The highest BCUT2D eigenvalue weighted by atomic mass is 16.3. The first-order valence-corrected chi connectivity index (χ1v) is 13.1. The average Bonchev–Trinajstić information content (AvgIpc) is 3.36. The third-order valence-corrected chi connectivity index (χ3v) is 7.44. The molecular formula is C36H22N2O. The molecule has 0 radical (unpaired) electrons. The summed E-state index contributed by atoms with van der Waals surface area (Å²) in [6.07, 6.45) is 0. The van der Waals surface area contributed by atoms with Crippen molar-refractivity contribution in [3.8, 4) is 33.8 Å². The molecule has 0 bridgehead atoms. The van der Waals surface area contributed by atoms with Crippen molar-refractivity contribution in [3.63, 3.8) is 0 Å². The lowest BCUT2D eigenvalue weighted by molar-refractivity contribution is 0.669. The molecule has 0 fully saturated rings. The van der Waals surface area contributed by atoms with Crippen LogP contribution >= 0.6 is 0 Å². The molecule has 0 aliphatic carbocycles. The maximum absolute atomic E-state index is 6.33. The zero-order valence-corrected chi connectivity index (χ0v) is 21.0. The molecule has 8 rings (SSSR count). The smallest absolute Gasteiger partial charge is 0.160 e. The molecule has 0 saturated heterocycles. The van der Waals surface area contributed by atoms with Gasteiger partial charge in [0.15, 0.2) is 5.82 Å². The summed E-state index contributed by atoms with van der Waals surface area (Å²) in [5, 5.41) is 5.71. The van der Waals surface area contributed by atoms with Crippen LogP contribution in [0.3, 0.4) is 0 Å². The summed E-state index contributed by atoms with van der Waals surface area (Å²) in [6.45, 7) is 0. The Morgan fingerprint density at radius 3 is 2.00 bits per heavy atom. The molecule has 2 heterocycles. The molecule has 6 aromatic carbocycles. The molecule has 3 heteroatoms. The average molecular weight is 499 g/mol. The zero-order chi connectivity index (χ0) is 25.8. The van der Waals surface area contributed by atoms with Gasteiger partial charge in [-0.2, -0.15) is 0 Å². The van der Waals surface area contributed by atoms with Gasteiger partial charge in [-0.1, -0.05) is 97.1 Å². The van der Waals surface area contributed by atoms with Gasteiger partial charge in [0.25, 0.3) is 0 Å².